The third kappa shape index (κ3) is 3.02. The minimum absolute atomic E-state index is 0.0432. The van der Waals surface area contributed by atoms with E-state index in [4.69, 9.17) is 4.42 Å². The zero-order valence-corrected chi connectivity index (χ0v) is 17.2. The molecule has 0 spiro atoms. The van der Waals surface area contributed by atoms with Crippen LogP contribution >= 0.6 is 0 Å². The Kier molecular flexibility index (Phi) is 4.29. The molecule has 4 aromatic rings. The van der Waals surface area contributed by atoms with E-state index in [0.29, 0.717) is 30.7 Å². The van der Waals surface area contributed by atoms with Gasteiger partial charge in [-0.3, -0.25) is 9.52 Å². The Morgan fingerprint density at radius 2 is 1.83 bits per heavy atom. The first-order chi connectivity index (χ1) is 14.5. The van der Waals surface area contributed by atoms with E-state index in [1.165, 1.54) is 0 Å². The monoisotopic (exact) mass is 420 g/mol. The fourth-order valence-corrected chi connectivity index (χ4v) is 5.10. The van der Waals surface area contributed by atoms with Crippen molar-refractivity contribution in [2.24, 2.45) is 0 Å². The molecule has 0 unspecified atom stereocenters. The van der Waals surface area contributed by atoms with Crippen LogP contribution < -0.4 is 9.62 Å². The number of sulfonamides is 1. The molecule has 0 radical (unpaired) electrons. The summed E-state index contributed by atoms with van der Waals surface area (Å²) in [6.45, 7) is 2.41. The van der Waals surface area contributed by atoms with Crippen LogP contribution in [0.15, 0.2) is 70.0 Å². The van der Waals surface area contributed by atoms with Gasteiger partial charge in [-0.2, -0.15) is 0 Å². The first-order valence-electron chi connectivity index (χ1n) is 9.84. The Labute approximate surface area is 174 Å². The summed E-state index contributed by atoms with van der Waals surface area (Å²) in [5.41, 5.74) is 3.48. The van der Waals surface area contributed by atoms with E-state index in [9.17, 15) is 13.2 Å². The molecule has 1 aliphatic heterocycles. The van der Waals surface area contributed by atoms with Gasteiger partial charge in [0.1, 0.15) is 11.2 Å². The number of fused-ring (bicyclic) bond motifs is 4. The van der Waals surface area contributed by atoms with Crippen LogP contribution in [-0.4, -0.2) is 20.9 Å². The minimum atomic E-state index is -3.77. The van der Waals surface area contributed by atoms with E-state index in [1.807, 2.05) is 37.3 Å². The largest absolute Gasteiger partial charge is 0.456 e. The molecule has 2 heterocycles. The number of nitrogens with zero attached hydrogens (tertiary/aromatic N) is 1. The second-order valence-corrected chi connectivity index (χ2v) is 9.04. The number of hydrogen-bond acceptors (Lipinski definition) is 4. The van der Waals surface area contributed by atoms with Crippen molar-refractivity contribution in [2.75, 3.05) is 16.2 Å². The highest BCUT2D eigenvalue weighted by Gasteiger charge is 2.26. The third-order valence-corrected chi connectivity index (χ3v) is 6.87. The number of furan rings is 1. The van der Waals surface area contributed by atoms with Gasteiger partial charge in [0.2, 0.25) is 5.91 Å². The molecule has 0 bridgehead atoms. The zero-order valence-electron chi connectivity index (χ0n) is 16.4. The summed E-state index contributed by atoms with van der Waals surface area (Å²) in [5, 5.41) is 1.93. The van der Waals surface area contributed by atoms with Crippen LogP contribution in [0, 0.1) is 0 Å². The van der Waals surface area contributed by atoms with Crippen LogP contribution in [0.1, 0.15) is 18.9 Å². The van der Waals surface area contributed by atoms with E-state index in [0.717, 1.165) is 27.6 Å². The number of hydrogen-bond donors (Lipinski definition) is 1. The van der Waals surface area contributed by atoms with Gasteiger partial charge in [-0.25, -0.2) is 8.42 Å². The molecule has 5 rings (SSSR count). The molecule has 1 aliphatic rings. The number of nitrogens with one attached hydrogen (secondary N) is 1. The van der Waals surface area contributed by atoms with Crippen molar-refractivity contribution in [3.8, 4) is 0 Å². The Morgan fingerprint density at radius 1 is 1.03 bits per heavy atom. The quantitative estimate of drug-likeness (QED) is 0.520. The fraction of sp³-hybridized carbons (Fsp3) is 0.174. The van der Waals surface area contributed by atoms with Crippen molar-refractivity contribution in [3.63, 3.8) is 0 Å². The number of anilines is 2. The lowest BCUT2D eigenvalue weighted by Crippen LogP contribution is -2.27. The van der Waals surface area contributed by atoms with E-state index >= 15 is 0 Å². The van der Waals surface area contributed by atoms with E-state index < -0.39 is 10.0 Å². The number of rotatable bonds is 4. The third-order valence-electron chi connectivity index (χ3n) is 5.49. The normalized spacial score (nSPS) is 13.7. The topological polar surface area (TPSA) is 79.6 Å². The number of para-hydroxylation sites is 1. The van der Waals surface area contributed by atoms with Gasteiger partial charge in [-0.15, -0.1) is 0 Å². The Bertz CT molecular complexity index is 1410. The van der Waals surface area contributed by atoms with Gasteiger partial charge in [0.15, 0.2) is 0 Å². The summed E-state index contributed by atoms with van der Waals surface area (Å²) in [4.78, 5) is 14.0. The molecule has 30 heavy (non-hydrogen) atoms. The molecule has 1 N–H and O–H groups in total. The van der Waals surface area contributed by atoms with Crippen LogP contribution in [0.25, 0.3) is 21.9 Å². The summed E-state index contributed by atoms with van der Waals surface area (Å²) >= 11 is 0. The predicted octanol–water partition coefficient (Wildman–Crippen LogP) is 4.69. The number of amides is 1. The molecular weight excluding hydrogens is 400 g/mol. The molecule has 0 fully saturated rings. The zero-order chi connectivity index (χ0) is 20.9. The van der Waals surface area contributed by atoms with E-state index in [2.05, 4.69) is 4.72 Å². The fourth-order valence-electron chi connectivity index (χ4n) is 4.00. The molecule has 152 valence electrons. The summed E-state index contributed by atoms with van der Waals surface area (Å²) in [6, 6.07) is 17.9. The van der Waals surface area contributed by atoms with Gasteiger partial charge in [0, 0.05) is 35.5 Å². The number of carbonyl (C=O) groups excluding carboxylic acids is 1. The highest BCUT2D eigenvalue weighted by molar-refractivity contribution is 7.92. The molecule has 0 aliphatic carbocycles. The smallest absolute Gasteiger partial charge is 0.261 e. The molecule has 0 saturated heterocycles. The van der Waals surface area contributed by atoms with Gasteiger partial charge >= 0.3 is 0 Å². The standard InChI is InChI=1S/C23H20N2O4S/c1-2-23(26)25-12-11-15-13-17(8-10-20(15)25)30(27,28)24-16-7-9-19-18-5-3-4-6-21(18)29-22(19)14-16/h3-10,13-14,24H,2,11-12H2,1H3. The van der Waals surface area contributed by atoms with Crippen LogP contribution in [0.3, 0.4) is 0 Å². The average molecular weight is 420 g/mol. The van der Waals surface area contributed by atoms with Gasteiger partial charge in [-0.1, -0.05) is 25.1 Å². The van der Waals surface area contributed by atoms with Crippen LogP contribution in [0.5, 0.6) is 0 Å². The Balaban J connectivity index is 1.46. The van der Waals surface area contributed by atoms with E-state index in [1.54, 1.807) is 35.2 Å². The highest BCUT2D eigenvalue weighted by atomic mass is 32.2. The van der Waals surface area contributed by atoms with Crippen LogP contribution in [-0.2, 0) is 21.2 Å². The molecule has 0 saturated carbocycles. The van der Waals surface area contributed by atoms with Crippen LogP contribution in [0.2, 0.25) is 0 Å². The van der Waals surface area contributed by atoms with Crippen molar-refractivity contribution >= 4 is 49.2 Å². The van der Waals surface area contributed by atoms with Crippen molar-refractivity contribution in [3.05, 3.63) is 66.2 Å². The maximum absolute atomic E-state index is 13.0. The number of carbonyl (C=O) groups is 1. The highest BCUT2D eigenvalue weighted by Crippen LogP contribution is 2.33. The van der Waals surface area contributed by atoms with Crippen molar-refractivity contribution < 1.29 is 17.6 Å². The molecular formula is C23H20N2O4S. The van der Waals surface area contributed by atoms with Crippen molar-refractivity contribution in [2.45, 2.75) is 24.7 Å². The Morgan fingerprint density at radius 3 is 2.67 bits per heavy atom. The minimum Gasteiger partial charge on any atom is -0.456 e. The first-order valence-corrected chi connectivity index (χ1v) is 11.3. The summed E-state index contributed by atoms with van der Waals surface area (Å²) < 4.78 is 34.4. The molecule has 1 amide bonds. The average Bonchev–Trinajstić information content (AvgIpc) is 3.33. The Hall–Kier alpha value is -3.32. The molecule has 3 aromatic carbocycles. The van der Waals surface area contributed by atoms with Gasteiger partial charge in [0.25, 0.3) is 10.0 Å². The lowest BCUT2D eigenvalue weighted by molar-refractivity contribution is -0.118. The molecule has 1 aromatic heterocycles. The van der Waals surface area contributed by atoms with Crippen molar-refractivity contribution in [1.82, 2.24) is 0 Å². The first kappa shape index (κ1) is 18.7. The van der Waals surface area contributed by atoms with E-state index in [-0.39, 0.29) is 10.8 Å². The van der Waals surface area contributed by atoms with Gasteiger partial charge in [0.05, 0.1) is 10.6 Å². The molecule has 6 nitrogen and oxygen atoms in total. The van der Waals surface area contributed by atoms with Crippen molar-refractivity contribution in [1.29, 1.82) is 0 Å². The SMILES string of the molecule is CCC(=O)N1CCc2cc(S(=O)(=O)Nc3ccc4c(c3)oc3ccccc34)ccc21. The summed E-state index contributed by atoms with van der Waals surface area (Å²) in [6.07, 6.45) is 1.07. The van der Waals surface area contributed by atoms with Crippen LogP contribution in [0.4, 0.5) is 11.4 Å². The predicted molar refractivity (Wildman–Crippen MR) is 117 cm³/mol. The summed E-state index contributed by atoms with van der Waals surface area (Å²) in [7, 11) is -3.77. The maximum Gasteiger partial charge on any atom is 0.261 e. The summed E-state index contributed by atoms with van der Waals surface area (Å²) in [5.74, 6) is 0.0432. The molecule has 7 heteroatoms. The molecule has 0 atom stereocenters. The number of benzene rings is 3. The second-order valence-electron chi connectivity index (χ2n) is 7.35. The second kappa shape index (κ2) is 6.88. The van der Waals surface area contributed by atoms with Gasteiger partial charge < -0.3 is 9.32 Å². The maximum atomic E-state index is 13.0. The lowest BCUT2D eigenvalue weighted by Gasteiger charge is -2.16. The van der Waals surface area contributed by atoms with Gasteiger partial charge in [-0.05, 0) is 48.4 Å². The lowest BCUT2D eigenvalue weighted by atomic mass is 10.1.